The molecule has 0 atom stereocenters. The Bertz CT molecular complexity index is 1400. The van der Waals surface area contributed by atoms with E-state index in [2.05, 4.69) is 15.5 Å². The van der Waals surface area contributed by atoms with E-state index in [1.54, 1.807) is 36.7 Å². The summed E-state index contributed by atoms with van der Waals surface area (Å²) in [6.45, 7) is 0.485. The van der Waals surface area contributed by atoms with Crippen LogP contribution in [0, 0.1) is 10.7 Å². The Morgan fingerprint density at radius 1 is 1.26 bits per heavy atom. The molecule has 4 aromatic rings. The first-order valence-electron chi connectivity index (χ1n) is 10.4. The normalized spacial score (nSPS) is 12.7. The van der Waals surface area contributed by atoms with Crippen LogP contribution in [0.2, 0.25) is 0 Å². The predicted octanol–water partition coefficient (Wildman–Crippen LogP) is 4.12. The summed E-state index contributed by atoms with van der Waals surface area (Å²) in [4.78, 5) is 28.2. The van der Waals surface area contributed by atoms with E-state index in [1.165, 1.54) is 16.7 Å². The summed E-state index contributed by atoms with van der Waals surface area (Å²) in [7, 11) is 0. The number of halogens is 1. The summed E-state index contributed by atoms with van der Waals surface area (Å²) >= 11 is 0. The Morgan fingerprint density at radius 3 is 2.94 bits per heavy atom. The van der Waals surface area contributed by atoms with Crippen molar-refractivity contribution in [3.8, 4) is 11.6 Å². The van der Waals surface area contributed by atoms with Gasteiger partial charge in [0.25, 0.3) is 5.91 Å². The molecule has 0 bridgehead atoms. The monoisotopic (exact) mass is 462 g/mol. The van der Waals surface area contributed by atoms with Crippen molar-refractivity contribution in [3.63, 3.8) is 0 Å². The van der Waals surface area contributed by atoms with Crippen LogP contribution >= 0.6 is 0 Å². The largest absolute Gasteiger partial charge is 0.493 e. The topological polar surface area (TPSA) is 115 Å². The van der Waals surface area contributed by atoms with Crippen LogP contribution in [-0.4, -0.2) is 27.4 Å². The smallest absolute Gasteiger partial charge is 0.251 e. The third-order valence-electron chi connectivity index (χ3n) is 5.62. The summed E-state index contributed by atoms with van der Waals surface area (Å²) in [6, 6.07) is 10.9. The highest BCUT2D eigenvalue weighted by Crippen LogP contribution is 2.40. The average molecular weight is 462 g/mol. The molecule has 172 valence electrons. The standard InChI is InChI=1S/C24H19FN4O5/c25-18-6-16(22-17(7-18)12-33-13-34-22)11-29-20-8-15(3-4-19(20)21(28-32)24(29)31)23(30)27-10-14-2-1-5-26-9-14/h1-9,31H,10-13H2,(H,27,30). The highest BCUT2D eigenvalue weighted by molar-refractivity contribution is 6.02. The maximum Gasteiger partial charge on any atom is 0.251 e. The number of fused-ring (bicyclic) bond motifs is 2. The van der Waals surface area contributed by atoms with Gasteiger partial charge in [-0.2, -0.15) is 0 Å². The molecule has 0 unspecified atom stereocenters. The van der Waals surface area contributed by atoms with Crippen molar-refractivity contribution in [2.45, 2.75) is 19.7 Å². The van der Waals surface area contributed by atoms with Crippen molar-refractivity contribution in [1.82, 2.24) is 14.9 Å². The number of pyridine rings is 1. The van der Waals surface area contributed by atoms with Crippen molar-refractivity contribution in [2.24, 2.45) is 5.18 Å². The number of nitroso groups, excluding NO2 is 1. The fraction of sp³-hybridized carbons (Fsp3) is 0.167. The van der Waals surface area contributed by atoms with Gasteiger partial charge in [0.1, 0.15) is 11.6 Å². The lowest BCUT2D eigenvalue weighted by atomic mass is 10.1. The number of hydrogen-bond donors (Lipinski definition) is 2. The first-order chi connectivity index (χ1) is 16.5. The number of ether oxygens (including phenoxy) is 2. The van der Waals surface area contributed by atoms with Crippen molar-refractivity contribution in [1.29, 1.82) is 0 Å². The zero-order valence-corrected chi connectivity index (χ0v) is 17.8. The van der Waals surface area contributed by atoms with E-state index >= 15 is 0 Å². The van der Waals surface area contributed by atoms with Gasteiger partial charge >= 0.3 is 0 Å². The Balaban J connectivity index is 1.52. The van der Waals surface area contributed by atoms with Gasteiger partial charge in [-0.1, -0.05) is 6.07 Å². The lowest BCUT2D eigenvalue weighted by Gasteiger charge is -2.21. The van der Waals surface area contributed by atoms with E-state index in [0.717, 1.165) is 5.56 Å². The quantitative estimate of drug-likeness (QED) is 0.417. The van der Waals surface area contributed by atoms with Crippen LogP contribution in [0.15, 0.2) is 60.0 Å². The van der Waals surface area contributed by atoms with Crippen molar-refractivity contribution >= 4 is 22.5 Å². The summed E-state index contributed by atoms with van der Waals surface area (Å²) in [5.41, 5.74) is 2.39. The minimum atomic E-state index is -0.483. The molecule has 1 amide bonds. The minimum Gasteiger partial charge on any atom is -0.493 e. The summed E-state index contributed by atoms with van der Waals surface area (Å²) in [5.74, 6) is -0.756. The fourth-order valence-electron chi connectivity index (χ4n) is 4.04. The Morgan fingerprint density at radius 2 is 2.15 bits per heavy atom. The van der Waals surface area contributed by atoms with Gasteiger partial charge in [-0.3, -0.25) is 9.78 Å². The van der Waals surface area contributed by atoms with E-state index in [9.17, 15) is 19.2 Å². The van der Waals surface area contributed by atoms with Gasteiger partial charge in [0.2, 0.25) is 5.88 Å². The van der Waals surface area contributed by atoms with Crippen LogP contribution in [0.1, 0.15) is 27.0 Å². The number of benzene rings is 2. The second-order valence-electron chi connectivity index (χ2n) is 7.79. The molecular weight excluding hydrogens is 443 g/mol. The molecule has 34 heavy (non-hydrogen) atoms. The van der Waals surface area contributed by atoms with Crippen molar-refractivity contribution in [3.05, 3.63) is 87.8 Å². The number of carbonyl (C=O) groups excluding carboxylic acids is 1. The van der Waals surface area contributed by atoms with Crippen LogP contribution in [0.4, 0.5) is 10.1 Å². The van der Waals surface area contributed by atoms with Crippen LogP contribution in [-0.2, 0) is 24.4 Å². The molecule has 1 aliphatic heterocycles. The molecule has 0 radical (unpaired) electrons. The molecule has 2 aromatic heterocycles. The van der Waals surface area contributed by atoms with Gasteiger partial charge in [-0.15, -0.1) is 4.91 Å². The van der Waals surface area contributed by atoms with E-state index in [0.29, 0.717) is 33.3 Å². The average Bonchev–Trinajstić information content (AvgIpc) is 3.12. The number of aromatic nitrogens is 2. The number of nitrogens with one attached hydrogen (secondary N) is 1. The maximum absolute atomic E-state index is 14.2. The molecule has 3 heterocycles. The second-order valence-corrected chi connectivity index (χ2v) is 7.79. The first-order valence-corrected chi connectivity index (χ1v) is 10.4. The molecule has 2 N–H and O–H groups in total. The first kappa shape index (κ1) is 21.5. The fourth-order valence-corrected chi connectivity index (χ4v) is 4.04. The lowest BCUT2D eigenvalue weighted by molar-refractivity contribution is -0.0173. The van der Waals surface area contributed by atoms with Crippen LogP contribution < -0.4 is 10.1 Å². The number of nitrogens with zero attached hydrogens (tertiary/aromatic N) is 3. The van der Waals surface area contributed by atoms with Crippen molar-refractivity contribution in [2.75, 3.05) is 6.79 Å². The summed E-state index contributed by atoms with van der Waals surface area (Å²) in [6.07, 6.45) is 3.30. The second kappa shape index (κ2) is 8.91. The zero-order valence-electron chi connectivity index (χ0n) is 17.8. The number of hydrogen-bond acceptors (Lipinski definition) is 7. The van der Waals surface area contributed by atoms with E-state index < -0.39 is 5.82 Å². The molecule has 1 aliphatic rings. The molecule has 0 saturated heterocycles. The highest BCUT2D eigenvalue weighted by Gasteiger charge is 2.23. The minimum absolute atomic E-state index is 0.0152. The van der Waals surface area contributed by atoms with Gasteiger partial charge in [0, 0.05) is 41.0 Å². The maximum atomic E-state index is 14.2. The molecule has 0 saturated carbocycles. The van der Waals surface area contributed by atoms with Gasteiger partial charge in [-0.25, -0.2) is 4.39 Å². The Labute approximate surface area is 192 Å². The Hall–Kier alpha value is -4.31. The number of aromatic hydroxyl groups is 1. The lowest BCUT2D eigenvalue weighted by Crippen LogP contribution is -2.22. The molecule has 0 aliphatic carbocycles. The third kappa shape index (κ3) is 3.95. The zero-order chi connectivity index (χ0) is 23.7. The van der Waals surface area contributed by atoms with Crippen LogP contribution in [0.3, 0.4) is 0 Å². The molecule has 10 heteroatoms. The molecule has 5 rings (SSSR count). The third-order valence-corrected chi connectivity index (χ3v) is 5.62. The highest BCUT2D eigenvalue weighted by atomic mass is 19.1. The van der Waals surface area contributed by atoms with Gasteiger partial charge in [-0.05, 0) is 47.1 Å². The summed E-state index contributed by atoms with van der Waals surface area (Å²) < 4.78 is 26.4. The van der Waals surface area contributed by atoms with Crippen LogP contribution in [0.5, 0.6) is 11.6 Å². The van der Waals surface area contributed by atoms with Crippen LogP contribution in [0.25, 0.3) is 10.9 Å². The van der Waals surface area contributed by atoms with Gasteiger partial charge in [0.05, 0.1) is 18.7 Å². The molecular formula is C24H19FN4O5. The van der Waals surface area contributed by atoms with E-state index in [4.69, 9.17) is 9.47 Å². The van der Waals surface area contributed by atoms with E-state index in [1.807, 2.05) is 6.07 Å². The summed E-state index contributed by atoms with van der Waals surface area (Å²) in [5, 5.41) is 16.9. The Kier molecular flexibility index (Phi) is 5.64. The van der Waals surface area contributed by atoms with E-state index in [-0.39, 0.29) is 44.0 Å². The number of carbonyl (C=O) groups is 1. The molecule has 0 spiro atoms. The molecule has 0 fully saturated rings. The molecule has 9 nitrogen and oxygen atoms in total. The number of amides is 1. The molecule has 2 aromatic carbocycles. The number of rotatable bonds is 6. The van der Waals surface area contributed by atoms with Gasteiger partial charge in [0.15, 0.2) is 12.5 Å². The van der Waals surface area contributed by atoms with Crippen molar-refractivity contribution < 1.29 is 23.8 Å². The predicted molar refractivity (Wildman–Crippen MR) is 120 cm³/mol. The van der Waals surface area contributed by atoms with Gasteiger partial charge < -0.3 is 24.5 Å². The SMILES string of the molecule is O=Nc1c(O)n(Cc2cc(F)cc3c2OCOC3)c2cc(C(=O)NCc3cccnc3)ccc12.